The van der Waals surface area contributed by atoms with Crippen molar-refractivity contribution in [1.82, 2.24) is 9.88 Å². The summed E-state index contributed by atoms with van der Waals surface area (Å²) in [6, 6.07) is 9.56. The largest absolute Gasteiger partial charge is 0.449 e. The Morgan fingerprint density at radius 2 is 1.89 bits per heavy atom. The summed E-state index contributed by atoms with van der Waals surface area (Å²) in [6.07, 6.45) is 2.73. The number of benzene rings is 1. The first-order valence-corrected chi connectivity index (χ1v) is 9.76. The number of nitrogens with zero attached hydrogens (tertiary/aromatic N) is 2. The molecule has 0 atom stereocenters. The lowest BCUT2D eigenvalue weighted by Crippen LogP contribution is -2.50. The minimum atomic E-state index is -0.652. The Morgan fingerprint density at radius 3 is 2.52 bits per heavy atom. The number of ether oxygens (including phenoxy) is 1. The van der Waals surface area contributed by atoms with E-state index in [4.69, 9.17) is 4.74 Å². The lowest BCUT2D eigenvalue weighted by molar-refractivity contribution is -0.0190. The highest BCUT2D eigenvalue weighted by Gasteiger charge is 2.40. The fourth-order valence-electron chi connectivity index (χ4n) is 3.76. The molecule has 3 aliphatic heterocycles. The molecule has 1 amide bonds. The van der Waals surface area contributed by atoms with E-state index in [-0.39, 0.29) is 17.8 Å². The normalized spacial score (nSPS) is 23.5. The Balaban J connectivity index is 0.00000210. The molecule has 0 radical (unpaired) electrons. The topological polar surface area (TPSA) is 54.5 Å². The third-order valence-electron chi connectivity index (χ3n) is 5.43. The Kier molecular flexibility index (Phi) is 6.34. The summed E-state index contributed by atoms with van der Waals surface area (Å²) in [5.41, 5.74) is 1.03. The fourth-order valence-corrected chi connectivity index (χ4v) is 4.63. The van der Waals surface area contributed by atoms with Crippen LogP contribution in [0.2, 0.25) is 0 Å². The number of halogens is 2. The minimum absolute atomic E-state index is 0. The van der Waals surface area contributed by atoms with Gasteiger partial charge in [0, 0.05) is 5.41 Å². The van der Waals surface area contributed by atoms with E-state index in [1.807, 2.05) is 30.3 Å². The van der Waals surface area contributed by atoms with Crippen molar-refractivity contribution in [3.63, 3.8) is 0 Å². The van der Waals surface area contributed by atoms with Crippen LogP contribution in [0.15, 0.2) is 30.3 Å². The van der Waals surface area contributed by atoms with Crippen molar-refractivity contribution >= 4 is 35.7 Å². The number of alkyl halides is 1. The van der Waals surface area contributed by atoms with E-state index < -0.39 is 12.8 Å². The molecule has 146 valence electrons. The average Bonchev–Trinajstić information content (AvgIpc) is 3.11. The standard InChI is InChI=1S/C19H22FN3O2S.ClH/c20-12-15-21-17(16(26-15)14-4-2-1-3-5-14)22-18(24)25-13-19-6-9-23(10-7-19)11-8-19;/h1-5H,6-13H2,(H,22,24);1H. The Bertz CT molecular complexity index is 765. The molecule has 3 aliphatic rings. The number of carbonyl (C=O) groups excluding carboxylic acids is 1. The zero-order valence-corrected chi connectivity index (χ0v) is 16.6. The highest BCUT2D eigenvalue weighted by molar-refractivity contribution is 7.15. The van der Waals surface area contributed by atoms with Crippen LogP contribution in [0.25, 0.3) is 10.4 Å². The van der Waals surface area contributed by atoms with Crippen LogP contribution < -0.4 is 5.32 Å². The number of piperidine rings is 3. The van der Waals surface area contributed by atoms with Gasteiger partial charge in [0.1, 0.15) is 11.7 Å². The van der Waals surface area contributed by atoms with Crippen molar-refractivity contribution in [2.45, 2.75) is 25.9 Å². The van der Waals surface area contributed by atoms with Gasteiger partial charge in [-0.05, 0) is 44.5 Å². The third kappa shape index (κ3) is 4.42. The van der Waals surface area contributed by atoms with Gasteiger partial charge in [0.05, 0.1) is 11.5 Å². The molecule has 27 heavy (non-hydrogen) atoms. The minimum Gasteiger partial charge on any atom is -0.449 e. The molecule has 2 aromatic rings. The molecule has 1 aromatic carbocycles. The molecule has 1 N–H and O–H groups in total. The molecule has 1 aromatic heterocycles. The number of thiazole rings is 1. The maximum atomic E-state index is 13.1. The zero-order chi connectivity index (χ0) is 18.0. The second-order valence-corrected chi connectivity index (χ2v) is 8.16. The monoisotopic (exact) mass is 411 g/mol. The molecule has 0 aliphatic carbocycles. The first kappa shape index (κ1) is 20.0. The maximum absolute atomic E-state index is 13.1. The lowest BCUT2D eigenvalue weighted by Gasteiger charge is -2.47. The fraction of sp³-hybridized carbons (Fsp3) is 0.474. The van der Waals surface area contributed by atoms with Gasteiger partial charge in [0.15, 0.2) is 5.82 Å². The zero-order valence-electron chi connectivity index (χ0n) is 14.9. The predicted molar refractivity (Wildman–Crippen MR) is 107 cm³/mol. The van der Waals surface area contributed by atoms with Crippen LogP contribution in [0.3, 0.4) is 0 Å². The van der Waals surface area contributed by atoms with Gasteiger partial charge in [-0.25, -0.2) is 14.2 Å². The summed E-state index contributed by atoms with van der Waals surface area (Å²) in [5.74, 6) is 0.370. The van der Waals surface area contributed by atoms with Crippen LogP contribution in [0.5, 0.6) is 0 Å². The van der Waals surface area contributed by atoms with Crippen molar-refractivity contribution in [2.24, 2.45) is 5.41 Å². The van der Waals surface area contributed by atoms with Gasteiger partial charge in [-0.3, -0.25) is 5.32 Å². The molecule has 0 unspecified atom stereocenters. The smallest absolute Gasteiger partial charge is 0.412 e. The summed E-state index contributed by atoms with van der Waals surface area (Å²) in [4.78, 5) is 19.8. The summed E-state index contributed by atoms with van der Waals surface area (Å²) < 4.78 is 18.6. The second-order valence-electron chi connectivity index (χ2n) is 7.08. The molecular weight excluding hydrogens is 389 g/mol. The number of fused-ring (bicyclic) bond motifs is 3. The number of anilines is 1. The first-order chi connectivity index (χ1) is 12.7. The molecule has 5 rings (SSSR count). The SMILES string of the molecule is Cl.O=C(Nc1nc(CF)sc1-c1ccccc1)OCC12CCN(CC1)CC2. The van der Waals surface area contributed by atoms with Crippen LogP contribution in [-0.2, 0) is 11.4 Å². The quantitative estimate of drug-likeness (QED) is 0.772. The molecule has 3 fully saturated rings. The second kappa shape index (κ2) is 8.54. The number of hydrogen-bond donors (Lipinski definition) is 1. The average molecular weight is 412 g/mol. The van der Waals surface area contributed by atoms with Crippen LogP contribution >= 0.6 is 23.7 Å². The third-order valence-corrected chi connectivity index (χ3v) is 6.50. The van der Waals surface area contributed by atoms with Crippen molar-refractivity contribution in [3.8, 4) is 10.4 Å². The van der Waals surface area contributed by atoms with E-state index >= 15 is 0 Å². The van der Waals surface area contributed by atoms with Gasteiger partial charge >= 0.3 is 6.09 Å². The molecule has 5 nitrogen and oxygen atoms in total. The molecule has 2 bridgehead atoms. The van der Waals surface area contributed by atoms with Crippen LogP contribution in [-0.4, -0.2) is 42.2 Å². The number of amides is 1. The maximum Gasteiger partial charge on any atom is 0.412 e. The number of hydrogen-bond acceptors (Lipinski definition) is 5. The van der Waals surface area contributed by atoms with Crippen LogP contribution in [0, 0.1) is 5.41 Å². The number of rotatable bonds is 5. The molecular formula is C19H23ClFN3O2S. The molecule has 0 spiro atoms. The summed E-state index contributed by atoms with van der Waals surface area (Å²) >= 11 is 1.25. The van der Waals surface area contributed by atoms with Gasteiger partial charge in [0.2, 0.25) is 0 Å². The highest BCUT2D eigenvalue weighted by Crippen LogP contribution is 2.40. The van der Waals surface area contributed by atoms with E-state index in [2.05, 4.69) is 15.2 Å². The number of aromatic nitrogens is 1. The highest BCUT2D eigenvalue weighted by atomic mass is 35.5. The van der Waals surface area contributed by atoms with Crippen molar-refractivity contribution in [2.75, 3.05) is 31.6 Å². The molecule has 8 heteroatoms. The predicted octanol–water partition coefficient (Wildman–Crippen LogP) is 4.74. The summed E-state index contributed by atoms with van der Waals surface area (Å²) in [5, 5.41) is 3.06. The van der Waals surface area contributed by atoms with E-state index in [1.165, 1.54) is 11.3 Å². The van der Waals surface area contributed by atoms with Crippen molar-refractivity contribution in [3.05, 3.63) is 35.3 Å². The van der Waals surface area contributed by atoms with Crippen LogP contribution in [0.4, 0.5) is 15.0 Å². The van der Waals surface area contributed by atoms with E-state index in [1.54, 1.807) is 0 Å². The molecule has 4 heterocycles. The van der Waals surface area contributed by atoms with E-state index in [0.29, 0.717) is 17.4 Å². The lowest BCUT2D eigenvalue weighted by atomic mass is 9.73. The van der Waals surface area contributed by atoms with E-state index in [9.17, 15) is 9.18 Å². The van der Waals surface area contributed by atoms with Gasteiger partial charge in [0.25, 0.3) is 0 Å². The Morgan fingerprint density at radius 1 is 1.22 bits per heavy atom. The van der Waals surface area contributed by atoms with E-state index in [0.717, 1.165) is 49.3 Å². The van der Waals surface area contributed by atoms with Gasteiger partial charge in [-0.1, -0.05) is 30.3 Å². The van der Waals surface area contributed by atoms with Gasteiger partial charge in [-0.2, -0.15) is 0 Å². The first-order valence-electron chi connectivity index (χ1n) is 8.95. The molecule has 0 saturated carbocycles. The van der Waals surface area contributed by atoms with Crippen LogP contribution in [0.1, 0.15) is 24.3 Å². The van der Waals surface area contributed by atoms with Crippen molar-refractivity contribution in [1.29, 1.82) is 0 Å². The number of nitrogens with one attached hydrogen (secondary N) is 1. The Labute approximate surface area is 168 Å². The number of carbonyl (C=O) groups is 1. The summed E-state index contributed by atoms with van der Waals surface area (Å²) in [7, 11) is 0. The van der Waals surface area contributed by atoms with Crippen molar-refractivity contribution < 1.29 is 13.9 Å². The van der Waals surface area contributed by atoms with Gasteiger partial charge in [-0.15, -0.1) is 23.7 Å². The Hall–Kier alpha value is -1.70. The molecule has 3 saturated heterocycles. The van der Waals surface area contributed by atoms with Gasteiger partial charge < -0.3 is 9.64 Å². The summed E-state index contributed by atoms with van der Waals surface area (Å²) in [6.45, 7) is 3.06.